The van der Waals surface area contributed by atoms with Crippen molar-refractivity contribution in [3.63, 3.8) is 0 Å². The first-order valence-corrected chi connectivity index (χ1v) is 7.72. The molecule has 0 fully saturated rings. The maximum absolute atomic E-state index is 13.1. The van der Waals surface area contributed by atoms with Crippen LogP contribution >= 0.6 is 7.37 Å². The van der Waals surface area contributed by atoms with Crippen LogP contribution in [0, 0.1) is 0 Å². The van der Waals surface area contributed by atoms with Crippen molar-refractivity contribution < 1.29 is 23.4 Å². The van der Waals surface area contributed by atoms with Crippen LogP contribution in [0.2, 0.25) is 0 Å². The maximum atomic E-state index is 13.1. The number of hydrogen-bond acceptors (Lipinski definition) is 5. The van der Waals surface area contributed by atoms with Gasteiger partial charge in [-0.25, -0.2) is 4.79 Å². The number of methoxy groups -OCH3 is 1. The van der Waals surface area contributed by atoms with E-state index in [2.05, 4.69) is 4.74 Å². The molecule has 1 heterocycles. The van der Waals surface area contributed by atoms with Gasteiger partial charge in [0, 0.05) is 6.08 Å². The normalized spacial score (nSPS) is 21.0. The van der Waals surface area contributed by atoms with Gasteiger partial charge in [0.05, 0.1) is 24.3 Å². The molecule has 0 saturated heterocycles. The largest absolute Gasteiger partial charge is 0.466 e. The summed E-state index contributed by atoms with van der Waals surface area (Å²) in [5, 5.41) is 0.817. The van der Waals surface area contributed by atoms with E-state index in [0.29, 0.717) is 16.4 Å². The van der Waals surface area contributed by atoms with Gasteiger partial charge in [-0.15, -0.1) is 0 Å². The number of para-hydroxylation sites is 1. The minimum atomic E-state index is -3.24. The number of ether oxygens (including phenoxy) is 2. The number of allylic oxidation sites excluding steroid dienone is 2. The van der Waals surface area contributed by atoms with Gasteiger partial charge >= 0.3 is 5.97 Å². The highest BCUT2D eigenvalue weighted by Gasteiger charge is 2.35. The Morgan fingerprint density at radius 2 is 2.15 bits per heavy atom. The van der Waals surface area contributed by atoms with E-state index in [9.17, 15) is 9.36 Å². The van der Waals surface area contributed by atoms with E-state index >= 15 is 0 Å². The number of fused-ring (bicyclic) bond motifs is 1. The van der Waals surface area contributed by atoms with E-state index in [1.54, 1.807) is 31.2 Å². The molecule has 0 amide bonds. The van der Waals surface area contributed by atoms with Crippen LogP contribution in [-0.2, 0) is 18.6 Å². The monoisotopic (exact) mass is 294 g/mol. The summed E-state index contributed by atoms with van der Waals surface area (Å²) in [4.78, 5) is 11.2. The Labute approximate surface area is 117 Å². The number of benzene rings is 1. The number of carbonyl (C=O) groups is 1. The lowest BCUT2D eigenvalue weighted by atomic mass is 10.3. The molecule has 2 rings (SSSR count). The van der Waals surface area contributed by atoms with Crippen LogP contribution in [0.1, 0.15) is 6.92 Å². The summed E-state index contributed by atoms with van der Waals surface area (Å²) in [5.41, 5.74) is 0. The van der Waals surface area contributed by atoms with Gasteiger partial charge in [-0.3, -0.25) is 4.57 Å². The Balaban J connectivity index is 2.43. The molecule has 0 aliphatic carbocycles. The second kappa shape index (κ2) is 6.07. The number of rotatable bonds is 4. The molecule has 6 heteroatoms. The van der Waals surface area contributed by atoms with Gasteiger partial charge in [-0.1, -0.05) is 12.1 Å². The van der Waals surface area contributed by atoms with Gasteiger partial charge in [0.25, 0.3) is 7.37 Å². The van der Waals surface area contributed by atoms with Crippen molar-refractivity contribution in [2.45, 2.75) is 6.92 Å². The molecule has 1 unspecified atom stereocenters. The second-order valence-electron chi connectivity index (χ2n) is 3.95. The summed E-state index contributed by atoms with van der Waals surface area (Å²) < 4.78 is 28.5. The summed E-state index contributed by atoms with van der Waals surface area (Å²) in [7, 11) is -1.97. The zero-order valence-electron chi connectivity index (χ0n) is 11.2. The third kappa shape index (κ3) is 2.69. The Bertz CT molecular complexity index is 618. The Morgan fingerprint density at radius 1 is 1.40 bits per heavy atom. The van der Waals surface area contributed by atoms with Crippen LogP contribution in [0.25, 0.3) is 0 Å². The van der Waals surface area contributed by atoms with Crippen molar-refractivity contribution >= 4 is 18.6 Å². The van der Waals surface area contributed by atoms with E-state index in [1.807, 2.05) is 0 Å². The van der Waals surface area contributed by atoms with Crippen molar-refractivity contribution in [3.8, 4) is 5.75 Å². The molecule has 5 nitrogen and oxygen atoms in total. The number of hydrogen-bond donors (Lipinski definition) is 0. The molecule has 1 atom stereocenters. The molecule has 0 aromatic heterocycles. The standard InChI is InChI=1S/C14H15O5P/c1-3-19-20(16)11(8-9-14(15)17-2)10-18-12-6-4-5-7-13(12)20/h4-10H,3H2,1-2H3/b9-8+. The highest BCUT2D eigenvalue weighted by Crippen LogP contribution is 2.57. The Morgan fingerprint density at radius 3 is 2.85 bits per heavy atom. The molecule has 0 spiro atoms. The van der Waals surface area contributed by atoms with Gasteiger partial charge in [-0.05, 0) is 25.1 Å². The minimum Gasteiger partial charge on any atom is -0.466 e. The van der Waals surface area contributed by atoms with Crippen molar-refractivity contribution in [1.29, 1.82) is 0 Å². The average Bonchev–Trinajstić information content (AvgIpc) is 2.47. The topological polar surface area (TPSA) is 61.8 Å². The zero-order chi connectivity index (χ0) is 14.6. The first-order valence-electron chi connectivity index (χ1n) is 6.09. The lowest BCUT2D eigenvalue weighted by molar-refractivity contribution is -0.134. The molecule has 0 N–H and O–H groups in total. The van der Waals surface area contributed by atoms with Crippen LogP contribution in [0.4, 0.5) is 0 Å². The molecule has 1 aliphatic rings. The maximum Gasteiger partial charge on any atom is 0.330 e. The summed E-state index contributed by atoms with van der Waals surface area (Å²) >= 11 is 0. The van der Waals surface area contributed by atoms with Crippen LogP contribution in [0.5, 0.6) is 5.75 Å². The molecule has 20 heavy (non-hydrogen) atoms. The summed E-state index contributed by atoms with van der Waals surface area (Å²) in [6.45, 7) is 2.05. The van der Waals surface area contributed by atoms with Gasteiger partial charge in [0.2, 0.25) is 0 Å². The Hall–Kier alpha value is -1.84. The lowest BCUT2D eigenvalue weighted by Crippen LogP contribution is -2.16. The van der Waals surface area contributed by atoms with E-state index in [0.717, 1.165) is 0 Å². The van der Waals surface area contributed by atoms with Gasteiger partial charge < -0.3 is 14.0 Å². The fourth-order valence-electron chi connectivity index (χ4n) is 1.82. The first kappa shape index (κ1) is 14.6. The predicted octanol–water partition coefficient (Wildman–Crippen LogP) is 2.59. The first-order chi connectivity index (χ1) is 9.61. The highest BCUT2D eigenvalue weighted by molar-refractivity contribution is 7.71. The Kier molecular flexibility index (Phi) is 4.42. The van der Waals surface area contributed by atoms with Crippen LogP contribution < -0.4 is 10.0 Å². The molecule has 0 radical (unpaired) electrons. The van der Waals surface area contributed by atoms with Gasteiger partial charge in [0.1, 0.15) is 12.0 Å². The zero-order valence-corrected chi connectivity index (χ0v) is 12.1. The lowest BCUT2D eigenvalue weighted by Gasteiger charge is -2.24. The average molecular weight is 294 g/mol. The van der Waals surface area contributed by atoms with Crippen molar-refractivity contribution in [1.82, 2.24) is 0 Å². The van der Waals surface area contributed by atoms with Crippen molar-refractivity contribution in [2.24, 2.45) is 0 Å². The number of carbonyl (C=O) groups excluding carboxylic acids is 1. The van der Waals surface area contributed by atoms with E-state index < -0.39 is 13.3 Å². The second-order valence-corrected chi connectivity index (χ2v) is 6.31. The van der Waals surface area contributed by atoms with Crippen molar-refractivity contribution in [3.05, 3.63) is 48.0 Å². The SMILES string of the molecule is CCOP1(=O)C(/C=C/C(=O)OC)=COc2ccccc21. The predicted molar refractivity (Wildman–Crippen MR) is 75.2 cm³/mol. The molecule has 1 aliphatic heterocycles. The summed E-state index contributed by atoms with van der Waals surface area (Å²) in [6, 6.07) is 6.97. The van der Waals surface area contributed by atoms with Crippen LogP contribution in [0.3, 0.4) is 0 Å². The molecule has 0 saturated carbocycles. The smallest absolute Gasteiger partial charge is 0.330 e. The molecule has 106 valence electrons. The molecular formula is C14H15O5P. The third-order valence-electron chi connectivity index (χ3n) is 2.73. The fourth-order valence-corrected chi connectivity index (χ4v) is 3.91. The van der Waals surface area contributed by atoms with E-state index in [4.69, 9.17) is 9.26 Å². The van der Waals surface area contributed by atoms with E-state index in [1.165, 1.54) is 25.5 Å². The van der Waals surface area contributed by atoms with E-state index in [-0.39, 0.29) is 6.61 Å². The molecule has 1 aromatic carbocycles. The van der Waals surface area contributed by atoms with Gasteiger partial charge in [0.15, 0.2) is 0 Å². The minimum absolute atomic E-state index is 0.287. The van der Waals surface area contributed by atoms with Gasteiger partial charge in [-0.2, -0.15) is 0 Å². The van der Waals surface area contributed by atoms with Crippen LogP contribution in [0.15, 0.2) is 48.0 Å². The quantitative estimate of drug-likeness (QED) is 0.485. The summed E-state index contributed by atoms with van der Waals surface area (Å²) in [6.07, 6.45) is 3.94. The molecule has 0 bridgehead atoms. The number of esters is 1. The van der Waals surface area contributed by atoms with Crippen LogP contribution in [-0.4, -0.2) is 19.7 Å². The third-order valence-corrected chi connectivity index (χ3v) is 5.29. The highest BCUT2D eigenvalue weighted by atomic mass is 31.2. The molecule has 1 aromatic rings. The fraction of sp³-hybridized carbons (Fsp3) is 0.214. The molecular weight excluding hydrogens is 279 g/mol. The summed E-state index contributed by atoms with van der Waals surface area (Å²) in [5.74, 6) is -0.0349. The van der Waals surface area contributed by atoms with Crippen molar-refractivity contribution in [2.75, 3.05) is 13.7 Å².